The molecular formula is C31H39F3N6O4. The molecule has 238 valence electrons. The van der Waals surface area contributed by atoms with Crippen molar-refractivity contribution in [3.8, 4) is 5.75 Å². The summed E-state index contributed by atoms with van der Waals surface area (Å²) in [5.41, 5.74) is -0.904. The first-order chi connectivity index (χ1) is 21.0. The SMILES string of the molecule is C/C=C(\C=C/CN1CCN(C(=O)CN2CCC(COC)(CC(=O)Nc3ccc(O)c(C(F)(F)F)c3)C2)CC1)c1ncccn1. The van der Waals surface area contributed by atoms with Crippen LogP contribution in [0.2, 0.25) is 0 Å². The highest BCUT2D eigenvalue weighted by molar-refractivity contribution is 5.91. The molecule has 1 aromatic heterocycles. The number of piperazine rings is 1. The Kier molecular flexibility index (Phi) is 11.1. The number of halogens is 3. The number of phenols is 1. The molecule has 2 aromatic rings. The predicted molar refractivity (Wildman–Crippen MR) is 160 cm³/mol. The molecule has 0 aliphatic carbocycles. The molecule has 2 amide bonds. The molecule has 0 bridgehead atoms. The number of aromatic nitrogens is 2. The number of hydrogen-bond donors (Lipinski definition) is 2. The fraction of sp³-hybridized carbons (Fsp3) is 0.484. The Balaban J connectivity index is 1.24. The van der Waals surface area contributed by atoms with Crippen LogP contribution in [-0.4, -0.2) is 108 Å². The van der Waals surface area contributed by atoms with Gasteiger partial charge in [0.1, 0.15) is 5.75 Å². The average molecular weight is 617 g/mol. The van der Waals surface area contributed by atoms with Gasteiger partial charge in [-0.1, -0.05) is 18.2 Å². The van der Waals surface area contributed by atoms with Gasteiger partial charge < -0.3 is 20.1 Å². The van der Waals surface area contributed by atoms with Crippen LogP contribution in [0.15, 0.2) is 54.9 Å². The first kappa shape index (κ1) is 33.1. The maximum atomic E-state index is 13.2. The number of phenolic OH excluding ortho intramolecular Hbond substituents is 1. The van der Waals surface area contributed by atoms with E-state index in [4.69, 9.17) is 4.74 Å². The second kappa shape index (κ2) is 14.8. The summed E-state index contributed by atoms with van der Waals surface area (Å²) < 4.78 is 44.9. The summed E-state index contributed by atoms with van der Waals surface area (Å²) in [6.07, 6.45) is 5.36. The number of anilines is 1. The lowest BCUT2D eigenvalue weighted by Gasteiger charge is -2.35. The predicted octanol–water partition coefficient (Wildman–Crippen LogP) is 3.67. The number of methoxy groups -OCH3 is 1. The minimum Gasteiger partial charge on any atom is -0.507 e. The minimum atomic E-state index is -4.75. The second-order valence-electron chi connectivity index (χ2n) is 11.2. The summed E-state index contributed by atoms with van der Waals surface area (Å²) >= 11 is 0. The Bertz CT molecular complexity index is 1350. The molecule has 0 radical (unpaired) electrons. The number of aromatic hydroxyl groups is 1. The van der Waals surface area contributed by atoms with Crippen molar-refractivity contribution in [2.24, 2.45) is 5.41 Å². The number of hydrogen-bond acceptors (Lipinski definition) is 8. The standard InChI is InChI=1S/C31H39F3N6O4/c1-3-23(29-35-10-5-11-36-29)6-4-12-38-14-16-40(17-15-38)28(43)20-39-13-9-30(21-39,22-44-2)19-27(42)37-24-7-8-26(41)25(18-24)31(32,33)34/h3-8,10-11,18,41H,9,12-17,19-22H2,1-2H3,(H,37,42)/b6-4-,23-3+. The van der Waals surface area contributed by atoms with Gasteiger partial charge in [0.25, 0.3) is 0 Å². The van der Waals surface area contributed by atoms with Crippen molar-refractivity contribution in [1.29, 1.82) is 0 Å². The molecule has 1 unspecified atom stereocenters. The zero-order valence-electron chi connectivity index (χ0n) is 25.0. The van der Waals surface area contributed by atoms with Crippen LogP contribution in [0, 0.1) is 5.41 Å². The molecule has 10 nitrogen and oxygen atoms in total. The van der Waals surface area contributed by atoms with Crippen LogP contribution in [0.4, 0.5) is 18.9 Å². The van der Waals surface area contributed by atoms with E-state index in [1.165, 1.54) is 13.2 Å². The fourth-order valence-corrected chi connectivity index (χ4v) is 5.72. The summed E-state index contributed by atoms with van der Waals surface area (Å²) in [4.78, 5) is 40.8. The summed E-state index contributed by atoms with van der Waals surface area (Å²) in [6.45, 7) is 7.00. The fourth-order valence-electron chi connectivity index (χ4n) is 5.72. The number of amides is 2. The number of nitrogens with zero attached hydrogens (tertiary/aromatic N) is 5. The van der Waals surface area contributed by atoms with E-state index in [1.54, 1.807) is 18.5 Å². The number of nitrogens with one attached hydrogen (secondary N) is 1. The monoisotopic (exact) mass is 616 g/mol. The lowest BCUT2D eigenvalue weighted by atomic mass is 9.84. The van der Waals surface area contributed by atoms with Crippen LogP contribution in [0.5, 0.6) is 5.75 Å². The average Bonchev–Trinajstić information content (AvgIpc) is 3.38. The van der Waals surface area contributed by atoms with Gasteiger partial charge in [-0.15, -0.1) is 0 Å². The number of rotatable bonds is 11. The van der Waals surface area contributed by atoms with Crippen molar-refractivity contribution in [2.45, 2.75) is 25.9 Å². The molecule has 0 spiro atoms. The lowest BCUT2D eigenvalue weighted by Crippen LogP contribution is -2.51. The molecule has 1 aromatic carbocycles. The number of likely N-dealkylation sites (tertiary alicyclic amines) is 1. The van der Waals surface area contributed by atoms with Gasteiger partial charge in [-0.3, -0.25) is 19.4 Å². The van der Waals surface area contributed by atoms with Crippen molar-refractivity contribution in [3.63, 3.8) is 0 Å². The molecule has 3 heterocycles. The third kappa shape index (κ3) is 8.87. The van der Waals surface area contributed by atoms with Crippen molar-refractivity contribution < 1.29 is 32.6 Å². The van der Waals surface area contributed by atoms with Crippen molar-refractivity contribution in [2.75, 3.05) is 71.4 Å². The maximum Gasteiger partial charge on any atom is 0.420 e. The van der Waals surface area contributed by atoms with Crippen molar-refractivity contribution in [1.82, 2.24) is 24.7 Å². The lowest BCUT2D eigenvalue weighted by molar-refractivity contribution is -0.139. The molecule has 0 saturated carbocycles. The normalized spacial score (nSPS) is 20.4. The van der Waals surface area contributed by atoms with E-state index in [1.807, 2.05) is 28.9 Å². The van der Waals surface area contributed by atoms with E-state index < -0.39 is 28.8 Å². The quantitative estimate of drug-likeness (QED) is 0.291. The number of alkyl halides is 3. The van der Waals surface area contributed by atoms with Crippen LogP contribution >= 0.6 is 0 Å². The molecule has 1 atom stereocenters. The molecule has 2 saturated heterocycles. The number of carbonyl (C=O) groups excluding carboxylic acids is 2. The smallest absolute Gasteiger partial charge is 0.420 e. The highest BCUT2D eigenvalue weighted by Gasteiger charge is 2.41. The zero-order valence-corrected chi connectivity index (χ0v) is 25.0. The third-order valence-corrected chi connectivity index (χ3v) is 7.97. The Morgan fingerprint density at radius 2 is 1.84 bits per heavy atom. The van der Waals surface area contributed by atoms with E-state index in [0.29, 0.717) is 44.5 Å². The van der Waals surface area contributed by atoms with Gasteiger partial charge in [-0.05, 0) is 44.2 Å². The molecule has 2 aliphatic rings. The molecular weight excluding hydrogens is 577 g/mol. The minimum absolute atomic E-state index is 0.0191. The van der Waals surface area contributed by atoms with Crippen LogP contribution < -0.4 is 5.32 Å². The summed E-state index contributed by atoms with van der Waals surface area (Å²) in [5.74, 6) is -0.662. The van der Waals surface area contributed by atoms with Gasteiger partial charge in [-0.2, -0.15) is 13.2 Å². The summed E-state index contributed by atoms with van der Waals surface area (Å²) in [5, 5.41) is 12.1. The maximum absolute atomic E-state index is 13.2. The molecule has 4 rings (SSSR count). The zero-order chi connectivity index (χ0) is 31.7. The van der Waals surface area contributed by atoms with E-state index in [9.17, 15) is 27.9 Å². The van der Waals surface area contributed by atoms with Gasteiger partial charge in [0.15, 0.2) is 5.82 Å². The van der Waals surface area contributed by atoms with Gasteiger partial charge in [0.05, 0.1) is 18.7 Å². The Hall–Kier alpha value is -3.81. The second-order valence-corrected chi connectivity index (χ2v) is 11.2. The Morgan fingerprint density at radius 1 is 1.11 bits per heavy atom. The number of allylic oxidation sites excluding steroid dienone is 3. The van der Waals surface area contributed by atoms with E-state index in [0.717, 1.165) is 31.3 Å². The van der Waals surface area contributed by atoms with Crippen LogP contribution in [-0.2, 0) is 20.5 Å². The van der Waals surface area contributed by atoms with Gasteiger partial charge in [0.2, 0.25) is 11.8 Å². The summed E-state index contributed by atoms with van der Waals surface area (Å²) in [6, 6.07) is 4.62. The Morgan fingerprint density at radius 3 is 2.50 bits per heavy atom. The molecule has 2 aliphatic heterocycles. The van der Waals surface area contributed by atoms with Crippen LogP contribution in [0.1, 0.15) is 31.2 Å². The van der Waals surface area contributed by atoms with Gasteiger partial charge in [-0.25, -0.2) is 9.97 Å². The van der Waals surface area contributed by atoms with Crippen LogP contribution in [0.25, 0.3) is 5.57 Å². The molecule has 2 fully saturated rings. The number of carbonyl (C=O) groups is 2. The first-order valence-electron chi connectivity index (χ1n) is 14.5. The first-order valence-corrected chi connectivity index (χ1v) is 14.5. The van der Waals surface area contributed by atoms with E-state index in [2.05, 4.69) is 26.3 Å². The van der Waals surface area contributed by atoms with Crippen molar-refractivity contribution in [3.05, 3.63) is 66.3 Å². The van der Waals surface area contributed by atoms with Crippen LogP contribution in [0.3, 0.4) is 0 Å². The largest absolute Gasteiger partial charge is 0.507 e. The van der Waals surface area contributed by atoms with Gasteiger partial charge in [0, 0.05) is 81.9 Å². The molecule has 44 heavy (non-hydrogen) atoms. The summed E-state index contributed by atoms with van der Waals surface area (Å²) in [7, 11) is 1.53. The highest BCUT2D eigenvalue weighted by atomic mass is 19.4. The van der Waals surface area contributed by atoms with Gasteiger partial charge >= 0.3 is 6.18 Å². The van der Waals surface area contributed by atoms with Crippen molar-refractivity contribution >= 4 is 23.1 Å². The Labute approximate surface area is 255 Å². The number of ether oxygens (including phenoxy) is 1. The topological polar surface area (TPSA) is 111 Å². The highest BCUT2D eigenvalue weighted by Crippen LogP contribution is 2.38. The number of benzene rings is 1. The van der Waals surface area contributed by atoms with E-state index >= 15 is 0 Å². The third-order valence-electron chi connectivity index (χ3n) is 7.97. The van der Waals surface area contributed by atoms with E-state index in [-0.39, 0.29) is 31.2 Å². The molecule has 2 N–H and O–H groups in total. The molecule has 13 heteroatoms.